The van der Waals surface area contributed by atoms with Crippen LogP contribution in [0.25, 0.3) is 0 Å². The first-order valence-corrected chi connectivity index (χ1v) is 11.3. The molecule has 0 aliphatic carbocycles. The number of unbranched alkanes of at least 4 members (excludes halogenated alkanes) is 3. The summed E-state index contributed by atoms with van der Waals surface area (Å²) in [5.41, 5.74) is 2.56. The fourth-order valence-electron chi connectivity index (χ4n) is 3.91. The van der Waals surface area contributed by atoms with Gasteiger partial charge in [0, 0.05) is 31.5 Å². The van der Waals surface area contributed by atoms with Gasteiger partial charge >= 0.3 is 0 Å². The van der Waals surface area contributed by atoms with E-state index in [9.17, 15) is 14.7 Å². The molecule has 1 heterocycles. The monoisotopic (exact) mass is 418 g/mol. The van der Waals surface area contributed by atoms with E-state index in [4.69, 9.17) is 4.74 Å². The summed E-state index contributed by atoms with van der Waals surface area (Å²) in [6.07, 6.45) is 6.87. The molecule has 2 rings (SSSR count). The van der Waals surface area contributed by atoms with E-state index in [1.165, 1.54) is 6.42 Å². The second-order valence-corrected chi connectivity index (χ2v) is 8.63. The first-order chi connectivity index (χ1) is 14.2. The third-order valence-electron chi connectivity index (χ3n) is 6.22. The lowest BCUT2D eigenvalue weighted by Gasteiger charge is -2.36. The molecule has 0 saturated heterocycles. The van der Waals surface area contributed by atoms with Crippen LogP contribution in [0, 0.1) is 20.8 Å². The zero-order chi connectivity index (χ0) is 22.3. The Morgan fingerprint density at radius 3 is 2.40 bits per heavy atom. The normalized spacial score (nSPS) is 17.8. The molecule has 1 aliphatic heterocycles. The van der Waals surface area contributed by atoms with Gasteiger partial charge in [-0.15, -0.1) is 0 Å². The lowest BCUT2D eigenvalue weighted by Crippen LogP contribution is -2.51. The van der Waals surface area contributed by atoms with Crippen molar-refractivity contribution in [3.8, 4) is 11.5 Å². The zero-order valence-electron chi connectivity index (χ0n) is 19.2. The van der Waals surface area contributed by atoms with Crippen molar-refractivity contribution >= 4 is 11.8 Å². The van der Waals surface area contributed by atoms with Crippen LogP contribution >= 0.6 is 0 Å². The molecule has 0 aromatic heterocycles. The highest BCUT2D eigenvalue weighted by Gasteiger charge is 2.40. The highest BCUT2D eigenvalue weighted by atomic mass is 16.5. The number of ether oxygens (including phenoxy) is 1. The molecular weight excluding hydrogens is 380 g/mol. The minimum absolute atomic E-state index is 0.0843. The molecule has 1 atom stereocenters. The molecule has 1 aromatic carbocycles. The summed E-state index contributed by atoms with van der Waals surface area (Å²) < 4.78 is 6.20. The summed E-state index contributed by atoms with van der Waals surface area (Å²) in [6.45, 7) is 10.7. The van der Waals surface area contributed by atoms with Gasteiger partial charge in [0.1, 0.15) is 11.5 Å². The van der Waals surface area contributed by atoms with Gasteiger partial charge in [0.15, 0.2) is 5.60 Å². The maximum atomic E-state index is 12.8. The SMILES string of the molecule is CCCCCCC(=O)NCCCNC(=O)C1(C)CCc2c(C)c(O)c(C)c(C)c2O1. The second kappa shape index (κ2) is 10.7. The number of aromatic hydroxyl groups is 1. The summed E-state index contributed by atoms with van der Waals surface area (Å²) in [4.78, 5) is 24.6. The number of hydrogen-bond donors (Lipinski definition) is 3. The molecule has 1 aliphatic rings. The molecule has 6 nitrogen and oxygen atoms in total. The Balaban J connectivity index is 1.81. The van der Waals surface area contributed by atoms with E-state index in [1.54, 1.807) is 0 Å². The molecule has 1 aromatic rings. The van der Waals surface area contributed by atoms with E-state index in [1.807, 2.05) is 27.7 Å². The van der Waals surface area contributed by atoms with Crippen molar-refractivity contribution in [2.24, 2.45) is 0 Å². The Kier molecular flexibility index (Phi) is 8.56. The molecular formula is C24H38N2O4. The van der Waals surface area contributed by atoms with Crippen molar-refractivity contribution < 1.29 is 19.4 Å². The molecule has 0 radical (unpaired) electrons. The Morgan fingerprint density at radius 2 is 1.70 bits per heavy atom. The number of carbonyl (C=O) groups is 2. The van der Waals surface area contributed by atoms with Crippen LogP contribution in [0.2, 0.25) is 0 Å². The molecule has 1 unspecified atom stereocenters. The van der Waals surface area contributed by atoms with Crippen LogP contribution in [0.15, 0.2) is 0 Å². The number of carbonyl (C=O) groups excluding carboxylic acids is 2. The number of amides is 2. The fourth-order valence-corrected chi connectivity index (χ4v) is 3.91. The Hall–Kier alpha value is -2.24. The fraction of sp³-hybridized carbons (Fsp3) is 0.667. The van der Waals surface area contributed by atoms with E-state index in [0.717, 1.165) is 47.3 Å². The average Bonchev–Trinajstić information content (AvgIpc) is 2.73. The number of rotatable bonds is 10. The van der Waals surface area contributed by atoms with Gasteiger partial charge in [-0.2, -0.15) is 0 Å². The minimum atomic E-state index is -0.934. The summed E-state index contributed by atoms with van der Waals surface area (Å²) in [5, 5.41) is 16.2. The Labute approximate surface area is 180 Å². The molecule has 2 amide bonds. The standard InChI is InChI=1S/C24H38N2O4/c1-6-7-8-9-11-20(27)25-14-10-15-26-23(29)24(5)13-12-19-18(4)21(28)16(2)17(3)22(19)30-24/h28H,6-15H2,1-5H3,(H,25,27)(H,26,29). The van der Waals surface area contributed by atoms with Gasteiger partial charge in [-0.25, -0.2) is 0 Å². The highest BCUT2D eigenvalue weighted by molar-refractivity contribution is 5.85. The maximum absolute atomic E-state index is 12.8. The van der Waals surface area contributed by atoms with Crippen LogP contribution in [0.1, 0.15) is 81.0 Å². The predicted molar refractivity (Wildman–Crippen MR) is 119 cm³/mol. The van der Waals surface area contributed by atoms with E-state index in [0.29, 0.717) is 44.5 Å². The van der Waals surface area contributed by atoms with Crippen LogP contribution in [-0.2, 0) is 16.0 Å². The first kappa shape index (κ1) is 24.0. The van der Waals surface area contributed by atoms with E-state index in [-0.39, 0.29) is 11.8 Å². The van der Waals surface area contributed by atoms with Gasteiger partial charge < -0.3 is 20.5 Å². The van der Waals surface area contributed by atoms with Gasteiger partial charge in [0.2, 0.25) is 5.91 Å². The Bertz CT molecular complexity index is 775. The largest absolute Gasteiger partial charge is 0.507 e. The first-order valence-electron chi connectivity index (χ1n) is 11.3. The van der Waals surface area contributed by atoms with Crippen LogP contribution in [0.4, 0.5) is 0 Å². The number of fused-ring (bicyclic) bond motifs is 1. The topological polar surface area (TPSA) is 87.7 Å². The summed E-state index contributed by atoms with van der Waals surface area (Å²) in [7, 11) is 0. The van der Waals surface area contributed by atoms with E-state index >= 15 is 0 Å². The van der Waals surface area contributed by atoms with E-state index < -0.39 is 5.60 Å². The summed E-state index contributed by atoms with van der Waals surface area (Å²) in [5.74, 6) is 0.986. The van der Waals surface area contributed by atoms with Crippen LogP contribution in [-0.4, -0.2) is 35.6 Å². The number of phenolic OH excluding ortho intramolecular Hbond substituents is 1. The number of hydrogen-bond acceptors (Lipinski definition) is 4. The quantitative estimate of drug-likeness (QED) is 0.501. The zero-order valence-corrected chi connectivity index (χ0v) is 19.2. The van der Waals surface area contributed by atoms with Crippen LogP contribution in [0.3, 0.4) is 0 Å². The van der Waals surface area contributed by atoms with Gasteiger partial charge in [-0.05, 0) is 63.6 Å². The van der Waals surface area contributed by atoms with Crippen molar-refractivity contribution in [2.75, 3.05) is 13.1 Å². The van der Waals surface area contributed by atoms with Crippen LogP contribution < -0.4 is 15.4 Å². The molecule has 168 valence electrons. The van der Waals surface area contributed by atoms with Gasteiger partial charge in [0.25, 0.3) is 5.91 Å². The van der Waals surface area contributed by atoms with Crippen molar-refractivity contribution in [3.63, 3.8) is 0 Å². The van der Waals surface area contributed by atoms with Crippen molar-refractivity contribution in [1.82, 2.24) is 10.6 Å². The Morgan fingerprint density at radius 1 is 1.00 bits per heavy atom. The lowest BCUT2D eigenvalue weighted by molar-refractivity contribution is -0.136. The molecule has 0 spiro atoms. The number of phenols is 1. The van der Waals surface area contributed by atoms with Gasteiger partial charge in [-0.3, -0.25) is 9.59 Å². The average molecular weight is 419 g/mol. The molecule has 3 N–H and O–H groups in total. The molecule has 30 heavy (non-hydrogen) atoms. The molecule has 0 bridgehead atoms. The van der Waals surface area contributed by atoms with Crippen molar-refractivity contribution in [3.05, 3.63) is 22.3 Å². The van der Waals surface area contributed by atoms with Gasteiger partial charge in [-0.1, -0.05) is 26.2 Å². The minimum Gasteiger partial charge on any atom is -0.507 e. The smallest absolute Gasteiger partial charge is 0.263 e. The van der Waals surface area contributed by atoms with Gasteiger partial charge in [0.05, 0.1) is 0 Å². The summed E-state index contributed by atoms with van der Waals surface area (Å²) in [6, 6.07) is 0. The highest BCUT2D eigenvalue weighted by Crippen LogP contribution is 2.43. The third kappa shape index (κ3) is 5.67. The van der Waals surface area contributed by atoms with Crippen molar-refractivity contribution in [2.45, 2.75) is 91.6 Å². The molecule has 0 saturated carbocycles. The second-order valence-electron chi connectivity index (χ2n) is 8.63. The number of nitrogens with one attached hydrogen (secondary N) is 2. The van der Waals surface area contributed by atoms with Crippen molar-refractivity contribution in [1.29, 1.82) is 0 Å². The summed E-state index contributed by atoms with van der Waals surface area (Å²) >= 11 is 0. The molecule has 6 heteroatoms. The van der Waals surface area contributed by atoms with Crippen LogP contribution in [0.5, 0.6) is 11.5 Å². The maximum Gasteiger partial charge on any atom is 0.263 e. The molecule has 0 fully saturated rings. The van der Waals surface area contributed by atoms with E-state index in [2.05, 4.69) is 17.6 Å². The number of benzene rings is 1. The lowest BCUT2D eigenvalue weighted by atomic mass is 9.86. The third-order valence-corrected chi connectivity index (χ3v) is 6.22. The predicted octanol–water partition coefficient (Wildman–Crippen LogP) is 3.99.